The molecule has 1 aliphatic heterocycles. The van der Waals surface area contributed by atoms with Crippen molar-refractivity contribution in [3.05, 3.63) is 29.3 Å². The molecule has 1 aromatic rings. The van der Waals surface area contributed by atoms with Crippen molar-refractivity contribution >= 4 is 23.3 Å². The highest BCUT2D eigenvalue weighted by Crippen LogP contribution is 2.33. The molecule has 2 amide bonds. The number of carbonyl (C=O) groups is 1. The normalized spacial score (nSPS) is 20.8. The predicted molar refractivity (Wildman–Crippen MR) is 99.6 cm³/mol. The molecule has 1 saturated heterocycles. The molecule has 1 aliphatic carbocycles. The van der Waals surface area contributed by atoms with Gasteiger partial charge < -0.3 is 15.5 Å². The number of rotatable bonds is 4. The molecule has 2 N–H and O–H groups in total. The van der Waals surface area contributed by atoms with Crippen molar-refractivity contribution in [1.29, 1.82) is 0 Å². The van der Waals surface area contributed by atoms with Crippen molar-refractivity contribution < 1.29 is 4.79 Å². The predicted octanol–water partition coefficient (Wildman–Crippen LogP) is 4.51. The van der Waals surface area contributed by atoms with Crippen LogP contribution in [-0.4, -0.2) is 36.6 Å². The topological polar surface area (TPSA) is 44.4 Å². The van der Waals surface area contributed by atoms with Crippen LogP contribution in [0.15, 0.2) is 24.3 Å². The molecular formula is C19H28ClN3O. The van der Waals surface area contributed by atoms with Crippen LogP contribution in [0.25, 0.3) is 0 Å². The molecule has 1 saturated carbocycles. The Balaban J connectivity index is 1.71. The Morgan fingerprint density at radius 1 is 1.25 bits per heavy atom. The minimum absolute atomic E-state index is 0.0315. The maximum absolute atomic E-state index is 13.0. The Hall–Kier alpha value is -1.26. The first-order chi connectivity index (χ1) is 11.6. The van der Waals surface area contributed by atoms with Gasteiger partial charge in [0.2, 0.25) is 0 Å². The van der Waals surface area contributed by atoms with Crippen LogP contribution in [0.3, 0.4) is 0 Å². The summed E-state index contributed by atoms with van der Waals surface area (Å²) < 4.78 is 0. The van der Waals surface area contributed by atoms with Gasteiger partial charge in [-0.3, -0.25) is 0 Å². The highest BCUT2D eigenvalue weighted by molar-refractivity contribution is 6.30. The number of piperidine rings is 1. The number of hydrogen-bond acceptors (Lipinski definition) is 2. The van der Waals surface area contributed by atoms with Crippen LogP contribution in [0, 0.1) is 5.41 Å². The minimum Gasteiger partial charge on any atom is -0.321 e. The molecule has 0 bridgehead atoms. The van der Waals surface area contributed by atoms with Crippen LogP contribution in [0.2, 0.25) is 5.02 Å². The van der Waals surface area contributed by atoms with Crippen LogP contribution in [-0.2, 0) is 0 Å². The van der Waals surface area contributed by atoms with Crippen molar-refractivity contribution in [2.45, 2.75) is 51.5 Å². The van der Waals surface area contributed by atoms with Gasteiger partial charge in [-0.05, 0) is 68.5 Å². The number of urea groups is 1. The van der Waals surface area contributed by atoms with Gasteiger partial charge in [0.1, 0.15) is 0 Å². The monoisotopic (exact) mass is 349 g/mol. The highest BCUT2D eigenvalue weighted by atomic mass is 35.5. The number of nitrogens with one attached hydrogen (secondary N) is 2. The maximum atomic E-state index is 13.0. The molecule has 0 unspecified atom stereocenters. The number of benzene rings is 1. The lowest BCUT2D eigenvalue weighted by Gasteiger charge is -2.41. The van der Waals surface area contributed by atoms with Gasteiger partial charge in [0.25, 0.3) is 0 Å². The van der Waals surface area contributed by atoms with E-state index < -0.39 is 0 Å². The number of halogens is 1. The van der Waals surface area contributed by atoms with E-state index >= 15 is 0 Å². The third-order valence-corrected chi connectivity index (χ3v) is 5.74. The van der Waals surface area contributed by atoms with Gasteiger partial charge in [-0.2, -0.15) is 0 Å². The quantitative estimate of drug-likeness (QED) is 0.840. The molecule has 0 radical (unpaired) electrons. The Bertz CT molecular complexity index is 548. The summed E-state index contributed by atoms with van der Waals surface area (Å²) in [5, 5.41) is 7.17. The molecule has 2 fully saturated rings. The van der Waals surface area contributed by atoms with Gasteiger partial charge in [0.05, 0.1) is 0 Å². The standard InChI is InChI=1S/C19H28ClN3O/c1-19(10-12-21-13-11-19)14-23(17-4-2-3-5-17)18(24)22-16-8-6-15(20)7-9-16/h6-9,17,21H,2-5,10-14H2,1H3,(H,22,24). The zero-order valence-corrected chi connectivity index (χ0v) is 15.2. The smallest absolute Gasteiger partial charge is 0.321 e. The molecule has 2 aliphatic rings. The average Bonchev–Trinajstić information content (AvgIpc) is 3.10. The summed E-state index contributed by atoms with van der Waals surface area (Å²) in [5.41, 5.74) is 1.02. The van der Waals surface area contributed by atoms with Crippen LogP contribution in [0.4, 0.5) is 10.5 Å². The second kappa shape index (κ2) is 7.75. The van der Waals surface area contributed by atoms with E-state index in [-0.39, 0.29) is 11.4 Å². The fourth-order valence-electron chi connectivity index (χ4n) is 3.91. The summed E-state index contributed by atoms with van der Waals surface area (Å²) in [6.07, 6.45) is 6.97. The lowest BCUT2D eigenvalue weighted by atomic mass is 9.80. The van der Waals surface area contributed by atoms with E-state index in [1.54, 1.807) is 0 Å². The Labute approximate surface area is 149 Å². The van der Waals surface area contributed by atoms with Gasteiger partial charge in [0, 0.05) is 23.3 Å². The molecule has 3 rings (SSSR count). The van der Waals surface area contributed by atoms with Gasteiger partial charge in [-0.15, -0.1) is 0 Å². The average molecular weight is 350 g/mol. The van der Waals surface area contributed by atoms with Crippen LogP contribution < -0.4 is 10.6 Å². The van der Waals surface area contributed by atoms with Crippen molar-refractivity contribution in [2.75, 3.05) is 25.0 Å². The van der Waals surface area contributed by atoms with Crippen LogP contribution in [0.5, 0.6) is 0 Å². The summed E-state index contributed by atoms with van der Waals surface area (Å²) in [7, 11) is 0. The molecule has 0 aromatic heterocycles. The number of nitrogens with zero attached hydrogens (tertiary/aromatic N) is 1. The van der Waals surface area contributed by atoms with E-state index in [0.717, 1.165) is 51.0 Å². The lowest BCUT2D eigenvalue weighted by Crippen LogP contribution is -2.49. The zero-order valence-electron chi connectivity index (χ0n) is 14.5. The van der Waals surface area contributed by atoms with Crippen molar-refractivity contribution in [2.24, 2.45) is 5.41 Å². The largest absolute Gasteiger partial charge is 0.322 e. The van der Waals surface area contributed by atoms with E-state index in [1.807, 2.05) is 24.3 Å². The Kier molecular flexibility index (Phi) is 5.67. The SMILES string of the molecule is CC1(CN(C(=O)Nc2ccc(Cl)cc2)C2CCCC2)CCNCC1. The molecular weight excluding hydrogens is 322 g/mol. The zero-order chi connectivity index (χ0) is 17.0. The van der Waals surface area contributed by atoms with Gasteiger partial charge in [-0.25, -0.2) is 4.79 Å². The van der Waals surface area contributed by atoms with Gasteiger partial charge in [-0.1, -0.05) is 31.4 Å². The Morgan fingerprint density at radius 3 is 2.50 bits per heavy atom. The second-order valence-corrected chi connectivity index (χ2v) is 8.00. The van der Waals surface area contributed by atoms with E-state index in [0.29, 0.717) is 11.1 Å². The van der Waals surface area contributed by atoms with Crippen LogP contribution >= 0.6 is 11.6 Å². The molecule has 5 heteroatoms. The highest BCUT2D eigenvalue weighted by Gasteiger charge is 2.35. The molecule has 0 atom stereocenters. The summed E-state index contributed by atoms with van der Waals surface area (Å²) >= 11 is 5.93. The first-order valence-corrected chi connectivity index (χ1v) is 9.47. The molecule has 24 heavy (non-hydrogen) atoms. The van der Waals surface area contributed by atoms with Gasteiger partial charge in [0.15, 0.2) is 0 Å². The molecule has 1 aromatic carbocycles. The second-order valence-electron chi connectivity index (χ2n) is 7.56. The molecule has 0 spiro atoms. The summed E-state index contributed by atoms with van der Waals surface area (Å²) in [4.78, 5) is 15.1. The summed E-state index contributed by atoms with van der Waals surface area (Å²) in [5.74, 6) is 0. The summed E-state index contributed by atoms with van der Waals surface area (Å²) in [6, 6.07) is 7.75. The summed E-state index contributed by atoms with van der Waals surface area (Å²) in [6.45, 7) is 5.27. The maximum Gasteiger partial charge on any atom is 0.322 e. The van der Waals surface area contributed by atoms with E-state index in [2.05, 4.69) is 22.5 Å². The molecule has 132 valence electrons. The van der Waals surface area contributed by atoms with E-state index in [9.17, 15) is 4.79 Å². The van der Waals surface area contributed by atoms with Crippen molar-refractivity contribution in [3.63, 3.8) is 0 Å². The van der Waals surface area contributed by atoms with E-state index in [1.165, 1.54) is 12.8 Å². The number of hydrogen-bond donors (Lipinski definition) is 2. The lowest BCUT2D eigenvalue weighted by molar-refractivity contribution is 0.118. The van der Waals surface area contributed by atoms with Gasteiger partial charge >= 0.3 is 6.03 Å². The van der Waals surface area contributed by atoms with Crippen molar-refractivity contribution in [3.8, 4) is 0 Å². The molecule has 4 nitrogen and oxygen atoms in total. The fraction of sp³-hybridized carbons (Fsp3) is 0.632. The third-order valence-electron chi connectivity index (χ3n) is 5.48. The number of amides is 2. The number of anilines is 1. The Morgan fingerprint density at radius 2 is 1.88 bits per heavy atom. The number of carbonyl (C=O) groups excluding carboxylic acids is 1. The fourth-order valence-corrected chi connectivity index (χ4v) is 4.04. The van der Waals surface area contributed by atoms with Crippen molar-refractivity contribution in [1.82, 2.24) is 10.2 Å². The first-order valence-electron chi connectivity index (χ1n) is 9.10. The molecule has 1 heterocycles. The van der Waals surface area contributed by atoms with E-state index in [4.69, 9.17) is 11.6 Å². The van der Waals surface area contributed by atoms with Crippen LogP contribution in [0.1, 0.15) is 45.4 Å². The third kappa shape index (κ3) is 4.42. The first kappa shape index (κ1) is 17.6. The minimum atomic E-state index is 0.0315.